The van der Waals surface area contributed by atoms with Crippen LogP contribution in [0.5, 0.6) is 0 Å². The number of benzene rings is 1. The first kappa shape index (κ1) is 12.9. The van der Waals surface area contributed by atoms with E-state index < -0.39 is 33.1 Å². The van der Waals surface area contributed by atoms with E-state index in [-0.39, 0.29) is 4.90 Å². The predicted molar refractivity (Wildman–Crippen MR) is 56.1 cm³/mol. The highest BCUT2D eigenvalue weighted by molar-refractivity contribution is 7.93. The number of rotatable bonds is 2. The third-order valence-electron chi connectivity index (χ3n) is 3.03. The molecular formula is C11H8F3NO2S. The van der Waals surface area contributed by atoms with Crippen LogP contribution < -0.4 is 0 Å². The van der Waals surface area contributed by atoms with E-state index in [0.29, 0.717) is 0 Å². The van der Waals surface area contributed by atoms with E-state index in [0.717, 1.165) is 0 Å². The van der Waals surface area contributed by atoms with Gasteiger partial charge in [0.05, 0.1) is 16.9 Å². The van der Waals surface area contributed by atoms with Crippen LogP contribution in [0.1, 0.15) is 6.42 Å². The lowest BCUT2D eigenvalue weighted by atomic mass is 10.3. The second-order valence-electron chi connectivity index (χ2n) is 4.12. The fraction of sp³-hybridized carbons (Fsp3) is 0.364. The Hall–Kier alpha value is -1.55. The van der Waals surface area contributed by atoms with E-state index in [1.165, 1.54) is 30.3 Å². The van der Waals surface area contributed by atoms with Crippen molar-refractivity contribution in [1.29, 1.82) is 5.26 Å². The number of hydrogen-bond donors (Lipinski definition) is 0. The van der Waals surface area contributed by atoms with E-state index in [1.54, 1.807) is 6.07 Å². The van der Waals surface area contributed by atoms with Crippen LogP contribution in [0.25, 0.3) is 0 Å². The van der Waals surface area contributed by atoms with Crippen LogP contribution in [0.15, 0.2) is 35.2 Å². The largest absolute Gasteiger partial charge is 0.394 e. The summed E-state index contributed by atoms with van der Waals surface area (Å²) in [5.74, 6) is -2.10. The second-order valence-corrected chi connectivity index (χ2v) is 6.32. The predicted octanol–water partition coefficient (Wildman–Crippen LogP) is 2.30. The molecule has 2 unspecified atom stereocenters. The van der Waals surface area contributed by atoms with Gasteiger partial charge in [0, 0.05) is 0 Å². The molecule has 96 valence electrons. The van der Waals surface area contributed by atoms with Crippen molar-refractivity contribution in [2.75, 3.05) is 0 Å². The molecule has 2 atom stereocenters. The van der Waals surface area contributed by atoms with E-state index in [4.69, 9.17) is 5.26 Å². The minimum atomic E-state index is -4.67. The lowest BCUT2D eigenvalue weighted by Crippen LogP contribution is -2.29. The summed E-state index contributed by atoms with van der Waals surface area (Å²) in [6.45, 7) is 0. The van der Waals surface area contributed by atoms with Gasteiger partial charge in [0.1, 0.15) is 0 Å². The Kier molecular flexibility index (Phi) is 2.66. The van der Waals surface area contributed by atoms with Gasteiger partial charge in [-0.05, 0) is 18.6 Å². The van der Waals surface area contributed by atoms with Crippen molar-refractivity contribution in [1.82, 2.24) is 0 Å². The number of alkyl halides is 3. The fourth-order valence-electron chi connectivity index (χ4n) is 1.92. The Morgan fingerprint density at radius 1 is 1.28 bits per heavy atom. The molecule has 1 aliphatic carbocycles. The van der Waals surface area contributed by atoms with E-state index in [2.05, 4.69) is 0 Å². The first-order valence-corrected chi connectivity index (χ1v) is 6.52. The zero-order valence-electron chi connectivity index (χ0n) is 8.98. The molecule has 0 heterocycles. The molecule has 0 aromatic heterocycles. The van der Waals surface area contributed by atoms with Crippen molar-refractivity contribution >= 4 is 9.84 Å². The summed E-state index contributed by atoms with van der Waals surface area (Å²) in [5.41, 5.74) is 0. The molecule has 1 fully saturated rings. The van der Waals surface area contributed by atoms with Gasteiger partial charge in [0.2, 0.25) is 0 Å². The molecule has 1 aliphatic rings. The van der Waals surface area contributed by atoms with Crippen molar-refractivity contribution < 1.29 is 21.6 Å². The Balaban J connectivity index is 2.47. The topological polar surface area (TPSA) is 57.9 Å². The van der Waals surface area contributed by atoms with Crippen LogP contribution in [0.3, 0.4) is 0 Å². The molecule has 1 saturated carbocycles. The molecule has 0 amide bonds. The number of nitrogens with zero attached hydrogens (tertiary/aromatic N) is 1. The van der Waals surface area contributed by atoms with Crippen molar-refractivity contribution in [2.45, 2.75) is 22.2 Å². The average Bonchev–Trinajstić information content (AvgIpc) is 3.06. The van der Waals surface area contributed by atoms with Gasteiger partial charge in [-0.25, -0.2) is 8.42 Å². The zero-order chi connectivity index (χ0) is 13.6. The minimum Gasteiger partial charge on any atom is -0.222 e. The first-order valence-electron chi connectivity index (χ1n) is 5.03. The summed E-state index contributed by atoms with van der Waals surface area (Å²) in [5, 5.41) is 8.86. The summed E-state index contributed by atoms with van der Waals surface area (Å²) in [7, 11) is -4.29. The number of sulfone groups is 1. The highest BCUT2D eigenvalue weighted by Gasteiger charge is 2.74. The SMILES string of the molecule is N#CC1(S(=O)(=O)c2ccccc2)CC1C(F)(F)F. The van der Waals surface area contributed by atoms with E-state index in [1.807, 2.05) is 0 Å². The standard InChI is InChI=1S/C11H8F3NO2S/c12-11(13,14)9-6-10(9,7-15)18(16,17)8-4-2-1-3-5-8/h1-5,9H,6H2. The molecular weight excluding hydrogens is 267 g/mol. The summed E-state index contributed by atoms with van der Waals surface area (Å²) in [6.07, 6.45) is -5.36. The second kappa shape index (κ2) is 3.72. The van der Waals surface area contributed by atoms with Crippen molar-refractivity contribution in [3.63, 3.8) is 0 Å². The lowest BCUT2D eigenvalue weighted by Gasteiger charge is -2.12. The third-order valence-corrected chi connectivity index (χ3v) is 5.42. The van der Waals surface area contributed by atoms with Crippen LogP contribution in [-0.4, -0.2) is 19.3 Å². The monoisotopic (exact) mass is 275 g/mol. The summed E-state index contributed by atoms with van der Waals surface area (Å²) in [4.78, 5) is -0.252. The van der Waals surface area contributed by atoms with Crippen LogP contribution in [0.4, 0.5) is 13.2 Å². The molecule has 18 heavy (non-hydrogen) atoms. The number of hydrogen-bond acceptors (Lipinski definition) is 3. The van der Waals surface area contributed by atoms with Crippen molar-refractivity contribution in [3.8, 4) is 6.07 Å². The van der Waals surface area contributed by atoms with Crippen LogP contribution in [0.2, 0.25) is 0 Å². The first-order chi connectivity index (χ1) is 8.25. The fourth-order valence-corrected chi connectivity index (χ4v) is 3.87. The highest BCUT2D eigenvalue weighted by Crippen LogP contribution is 2.59. The molecule has 0 spiro atoms. The normalized spacial score (nSPS) is 27.6. The average molecular weight is 275 g/mol. The smallest absolute Gasteiger partial charge is 0.222 e. The summed E-state index contributed by atoms with van der Waals surface area (Å²) in [6, 6.07) is 8.09. The van der Waals surface area contributed by atoms with Gasteiger partial charge >= 0.3 is 6.18 Å². The molecule has 0 bridgehead atoms. The van der Waals surface area contributed by atoms with Gasteiger partial charge < -0.3 is 0 Å². The molecule has 0 N–H and O–H groups in total. The zero-order valence-corrected chi connectivity index (χ0v) is 9.79. The maximum Gasteiger partial charge on any atom is 0.394 e. The summed E-state index contributed by atoms with van der Waals surface area (Å²) < 4.78 is 59.5. The number of halogens is 3. The summed E-state index contributed by atoms with van der Waals surface area (Å²) >= 11 is 0. The van der Waals surface area contributed by atoms with Crippen LogP contribution in [-0.2, 0) is 9.84 Å². The maximum atomic E-state index is 12.6. The van der Waals surface area contributed by atoms with Crippen LogP contribution >= 0.6 is 0 Å². The van der Waals surface area contributed by atoms with Gasteiger partial charge in [-0.1, -0.05) is 18.2 Å². The van der Waals surface area contributed by atoms with Gasteiger partial charge in [-0.2, -0.15) is 18.4 Å². The third kappa shape index (κ3) is 1.68. The molecule has 0 aliphatic heterocycles. The molecule has 7 heteroatoms. The van der Waals surface area contributed by atoms with Crippen LogP contribution in [0, 0.1) is 17.2 Å². The molecule has 2 rings (SSSR count). The van der Waals surface area contributed by atoms with E-state index >= 15 is 0 Å². The van der Waals surface area contributed by atoms with Gasteiger partial charge in [-0.15, -0.1) is 0 Å². The Labute approximate surface area is 102 Å². The van der Waals surface area contributed by atoms with Gasteiger partial charge in [-0.3, -0.25) is 0 Å². The van der Waals surface area contributed by atoms with Crippen molar-refractivity contribution in [3.05, 3.63) is 30.3 Å². The minimum absolute atomic E-state index is 0.252. The Morgan fingerprint density at radius 2 is 1.83 bits per heavy atom. The van der Waals surface area contributed by atoms with Gasteiger partial charge in [0.25, 0.3) is 0 Å². The quantitative estimate of drug-likeness (QED) is 0.832. The number of nitriles is 1. The maximum absolute atomic E-state index is 12.6. The molecule has 3 nitrogen and oxygen atoms in total. The Morgan fingerprint density at radius 3 is 2.22 bits per heavy atom. The van der Waals surface area contributed by atoms with Crippen molar-refractivity contribution in [2.24, 2.45) is 5.92 Å². The molecule has 0 radical (unpaired) electrons. The molecule has 1 aromatic carbocycles. The van der Waals surface area contributed by atoms with Gasteiger partial charge in [0.15, 0.2) is 14.6 Å². The lowest BCUT2D eigenvalue weighted by molar-refractivity contribution is -0.148. The molecule has 0 saturated heterocycles. The Bertz CT molecular complexity index is 603. The molecule has 1 aromatic rings. The highest BCUT2D eigenvalue weighted by atomic mass is 32.2. The van der Waals surface area contributed by atoms with E-state index in [9.17, 15) is 21.6 Å².